The first-order chi connectivity index (χ1) is 13.7. The van der Waals surface area contributed by atoms with Crippen molar-refractivity contribution < 1.29 is 14.7 Å². The lowest BCUT2D eigenvalue weighted by Gasteiger charge is -2.39. The summed E-state index contributed by atoms with van der Waals surface area (Å²) < 4.78 is 0. The van der Waals surface area contributed by atoms with Gasteiger partial charge in [0.15, 0.2) is 0 Å². The number of aryl methyl sites for hydroxylation is 1. The van der Waals surface area contributed by atoms with E-state index < -0.39 is 17.5 Å². The number of nitrogens with one attached hydrogen (secondary N) is 1. The highest BCUT2D eigenvalue weighted by Crippen LogP contribution is 2.37. The number of rotatable bonds is 5. The topological polar surface area (TPSA) is 121 Å². The van der Waals surface area contributed by atoms with Gasteiger partial charge >= 0.3 is 6.09 Å². The molecule has 0 spiro atoms. The standard InChI is InChI=1S/C18H19Cl2N5O3S/c1-10-15(29-12-4-2-3-11(19)14(12)20)22-9-13(23-10)25-7-5-18(6-8-25,16(21)26)24-17(27)28/h2-4,9,24H,5-8H2,1H3,(H2,21,26)(H,27,28). The number of nitrogens with two attached hydrogens (primary N) is 1. The third-order valence-electron chi connectivity index (χ3n) is 4.77. The number of nitrogens with zero attached hydrogens (tertiary/aromatic N) is 3. The number of hydrogen-bond donors (Lipinski definition) is 3. The number of amides is 2. The number of piperidine rings is 1. The van der Waals surface area contributed by atoms with E-state index in [-0.39, 0.29) is 12.8 Å². The van der Waals surface area contributed by atoms with E-state index in [4.69, 9.17) is 34.0 Å². The molecule has 1 saturated heterocycles. The molecule has 0 radical (unpaired) electrons. The number of carbonyl (C=O) groups is 2. The van der Waals surface area contributed by atoms with Gasteiger partial charge in [-0.05, 0) is 31.9 Å². The predicted octanol–water partition coefficient (Wildman–Crippen LogP) is 3.33. The van der Waals surface area contributed by atoms with Crippen LogP contribution < -0.4 is 16.0 Å². The Labute approximate surface area is 181 Å². The van der Waals surface area contributed by atoms with Gasteiger partial charge in [-0.25, -0.2) is 14.8 Å². The van der Waals surface area contributed by atoms with Crippen molar-refractivity contribution in [3.63, 3.8) is 0 Å². The zero-order chi connectivity index (χ0) is 21.2. The molecule has 0 saturated carbocycles. The molecule has 154 valence electrons. The molecule has 4 N–H and O–H groups in total. The van der Waals surface area contributed by atoms with Crippen molar-refractivity contribution in [1.82, 2.24) is 15.3 Å². The van der Waals surface area contributed by atoms with Gasteiger partial charge in [-0.2, -0.15) is 0 Å². The minimum atomic E-state index is -1.27. The zero-order valence-corrected chi connectivity index (χ0v) is 17.8. The van der Waals surface area contributed by atoms with Crippen LogP contribution in [0.15, 0.2) is 34.3 Å². The maximum Gasteiger partial charge on any atom is 0.405 e. The molecule has 2 aromatic rings. The fourth-order valence-electron chi connectivity index (χ4n) is 3.13. The van der Waals surface area contributed by atoms with Crippen LogP contribution in [0.5, 0.6) is 0 Å². The fourth-order valence-corrected chi connectivity index (χ4v) is 4.46. The predicted molar refractivity (Wildman–Crippen MR) is 112 cm³/mol. The van der Waals surface area contributed by atoms with Gasteiger partial charge < -0.3 is 21.1 Å². The molecular formula is C18H19Cl2N5O3S. The summed E-state index contributed by atoms with van der Waals surface area (Å²) in [6.45, 7) is 2.69. The Morgan fingerprint density at radius 2 is 2.00 bits per heavy atom. The van der Waals surface area contributed by atoms with Crippen LogP contribution in [-0.4, -0.2) is 45.7 Å². The third-order valence-corrected chi connectivity index (χ3v) is 6.86. The van der Waals surface area contributed by atoms with Crippen LogP contribution in [0.25, 0.3) is 0 Å². The molecule has 2 heterocycles. The van der Waals surface area contributed by atoms with E-state index in [0.717, 1.165) is 10.6 Å². The van der Waals surface area contributed by atoms with Crippen molar-refractivity contribution in [3.8, 4) is 0 Å². The van der Waals surface area contributed by atoms with Crippen LogP contribution in [0.1, 0.15) is 18.5 Å². The second-order valence-corrected chi connectivity index (χ2v) is 8.45. The number of carboxylic acid groups (broad SMARTS) is 1. The monoisotopic (exact) mass is 455 g/mol. The van der Waals surface area contributed by atoms with Crippen molar-refractivity contribution in [3.05, 3.63) is 40.1 Å². The van der Waals surface area contributed by atoms with Gasteiger partial charge in [0.25, 0.3) is 0 Å². The summed E-state index contributed by atoms with van der Waals surface area (Å²) in [5.41, 5.74) is 4.90. The van der Waals surface area contributed by atoms with Crippen LogP contribution >= 0.6 is 35.0 Å². The van der Waals surface area contributed by atoms with Gasteiger partial charge in [0.2, 0.25) is 5.91 Å². The fraction of sp³-hybridized carbons (Fsp3) is 0.333. The van der Waals surface area contributed by atoms with E-state index in [0.29, 0.717) is 34.0 Å². The molecule has 29 heavy (non-hydrogen) atoms. The molecule has 1 aliphatic heterocycles. The van der Waals surface area contributed by atoms with Gasteiger partial charge in [0, 0.05) is 18.0 Å². The van der Waals surface area contributed by atoms with Gasteiger partial charge in [-0.3, -0.25) is 4.79 Å². The molecule has 3 rings (SSSR count). The van der Waals surface area contributed by atoms with Crippen molar-refractivity contribution in [2.24, 2.45) is 5.73 Å². The van der Waals surface area contributed by atoms with Gasteiger partial charge in [-0.1, -0.05) is 41.0 Å². The average Bonchev–Trinajstić information content (AvgIpc) is 2.67. The number of benzene rings is 1. The first kappa shape index (κ1) is 21.5. The first-order valence-electron chi connectivity index (χ1n) is 8.73. The summed E-state index contributed by atoms with van der Waals surface area (Å²) >= 11 is 13.7. The molecule has 8 nitrogen and oxygen atoms in total. The van der Waals surface area contributed by atoms with E-state index in [1.807, 2.05) is 24.0 Å². The summed E-state index contributed by atoms with van der Waals surface area (Å²) in [5.74, 6) is -0.0237. The summed E-state index contributed by atoms with van der Waals surface area (Å²) in [6.07, 6.45) is 0.887. The summed E-state index contributed by atoms with van der Waals surface area (Å²) in [4.78, 5) is 34.7. The summed E-state index contributed by atoms with van der Waals surface area (Å²) in [5, 5.41) is 12.9. The molecule has 0 aliphatic carbocycles. The molecule has 1 aromatic heterocycles. The highest BCUT2D eigenvalue weighted by molar-refractivity contribution is 7.99. The van der Waals surface area contributed by atoms with Crippen LogP contribution in [0.4, 0.5) is 10.6 Å². The smallest absolute Gasteiger partial charge is 0.405 e. The molecule has 1 aliphatic rings. The maximum atomic E-state index is 11.8. The zero-order valence-electron chi connectivity index (χ0n) is 15.5. The average molecular weight is 456 g/mol. The Morgan fingerprint density at radius 1 is 1.31 bits per heavy atom. The highest BCUT2D eigenvalue weighted by Gasteiger charge is 2.41. The Morgan fingerprint density at radius 3 is 2.59 bits per heavy atom. The van der Waals surface area contributed by atoms with Crippen molar-refractivity contribution >= 4 is 52.8 Å². The SMILES string of the molecule is Cc1nc(N2CCC(NC(=O)O)(C(N)=O)CC2)cnc1Sc1cccc(Cl)c1Cl. The lowest BCUT2D eigenvalue weighted by atomic mass is 9.87. The number of hydrogen-bond acceptors (Lipinski definition) is 6. The Balaban J connectivity index is 1.73. The quantitative estimate of drug-likeness (QED) is 0.631. The van der Waals surface area contributed by atoms with Crippen molar-refractivity contribution in [2.45, 2.75) is 35.2 Å². The Hall–Kier alpha value is -2.23. The van der Waals surface area contributed by atoms with Crippen LogP contribution in [0.2, 0.25) is 10.0 Å². The Kier molecular flexibility index (Phi) is 6.40. The number of carbonyl (C=O) groups excluding carboxylic acids is 1. The van der Waals surface area contributed by atoms with Crippen molar-refractivity contribution in [1.29, 1.82) is 0 Å². The van der Waals surface area contributed by atoms with Crippen LogP contribution in [0.3, 0.4) is 0 Å². The van der Waals surface area contributed by atoms with Crippen LogP contribution in [-0.2, 0) is 4.79 Å². The molecule has 2 amide bonds. The molecule has 0 unspecified atom stereocenters. The van der Waals surface area contributed by atoms with E-state index in [2.05, 4.69) is 15.3 Å². The molecule has 1 fully saturated rings. The van der Waals surface area contributed by atoms with Gasteiger partial charge in [-0.15, -0.1) is 0 Å². The van der Waals surface area contributed by atoms with E-state index >= 15 is 0 Å². The second kappa shape index (κ2) is 8.64. The minimum Gasteiger partial charge on any atom is -0.465 e. The molecule has 0 atom stereocenters. The lowest BCUT2D eigenvalue weighted by molar-refractivity contribution is -0.125. The third kappa shape index (κ3) is 4.68. The second-order valence-electron chi connectivity index (χ2n) is 6.64. The van der Waals surface area contributed by atoms with E-state index in [9.17, 15) is 9.59 Å². The first-order valence-corrected chi connectivity index (χ1v) is 10.3. The summed E-state index contributed by atoms with van der Waals surface area (Å²) in [7, 11) is 0. The van der Waals surface area contributed by atoms with Gasteiger partial charge in [0.1, 0.15) is 16.4 Å². The summed E-state index contributed by atoms with van der Waals surface area (Å²) in [6, 6.07) is 5.40. The molecule has 11 heteroatoms. The van der Waals surface area contributed by atoms with E-state index in [1.165, 1.54) is 11.8 Å². The molecular weight excluding hydrogens is 437 g/mol. The Bertz CT molecular complexity index is 951. The van der Waals surface area contributed by atoms with Crippen LogP contribution in [0, 0.1) is 6.92 Å². The normalized spacial score (nSPS) is 15.8. The van der Waals surface area contributed by atoms with Crippen molar-refractivity contribution in [2.75, 3.05) is 18.0 Å². The van der Waals surface area contributed by atoms with Gasteiger partial charge in [0.05, 0.1) is 21.9 Å². The number of halogens is 2. The lowest BCUT2D eigenvalue weighted by Crippen LogP contribution is -2.62. The van der Waals surface area contributed by atoms with E-state index in [1.54, 1.807) is 12.3 Å². The largest absolute Gasteiger partial charge is 0.465 e. The molecule has 0 bridgehead atoms. The maximum absolute atomic E-state index is 11.8. The minimum absolute atomic E-state index is 0.254. The highest BCUT2D eigenvalue weighted by atomic mass is 35.5. The number of anilines is 1. The number of aromatic nitrogens is 2. The molecule has 1 aromatic carbocycles. The number of primary amides is 1.